The van der Waals surface area contributed by atoms with Crippen molar-refractivity contribution in [3.05, 3.63) is 0 Å². The molecular weight excluding hydrogens is 685 g/mol. The van der Waals surface area contributed by atoms with E-state index in [0.29, 0.717) is 19.3 Å². The second-order valence-electron chi connectivity index (χ2n) is 17.2. The summed E-state index contributed by atoms with van der Waals surface area (Å²) in [6, 6.07) is 0. The number of ether oxygens (including phenoxy) is 3. The molecule has 0 amide bonds. The number of hydrogen-bond donors (Lipinski definition) is 0. The summed E-state index contributed by atoms with van der Waals surface area (Å²) in [5, 5.41) is 0. The van der Waals surface area contributed by atoms with Crippen molar-refractivity contribution in [2.75, 3.05) is 13.2 Å². The van der Waals surface area contributed by atoms with Gasteiger partial charge in [0.25, 0.3) is 0 Å². The van der Waals surface area contributed by atoms with Crippen molar-refractivity contribution in [3.8, 4) is 0 Å². The molecule has 6 nitrogen and oxygen atoms in total. The van der Waals surface area contributed by atoms with Crippen molar-refractivity contribution < 1.29 is 28.6 Å². The summed E-state index contributed by atoms with van der Waals surface area (Å²) in [7, 11) is 0. The average Bonchev–Trinajstić information content (AvgIpc) is 3.17. The quantitative estimate of drug-likeness (QED) is 0.0348. The van der Waals surface area contributed by atoms with E-state index in [-0.39, 0.29) is 31.1 Å². The van der Waals surface area contributed by atoms with Gasteiger partial charge in [-0.3, -0.25) is 14.4 Å². The summed E-state index contributed by atoms with van der Waals surface area (Å²) in [5.74, 6) is -0.0307. The van der Waals surface area contributed by atoms with Gasteiger partial charge in [-0.25, -0.2) is 0 Å². The van der Waals surface area contributed by atoms with Crippen LogP contribution in [0.25, 0.3) is 0 Å². The van der Waals surface area contributed by atoms with Crippen LogP contribution in [-0.2, 0) is 28.6 Å². The van der Waals surface area contributed by atoms with Crippen molar-refractivity contribution in [1.29, 1.82) is 0 Å². The first-order chi connectivity index (χ1) is 26.9. The normalized spacial score (nSPS) is 11.9. The molecule has 0 aromatic carbocycles. The van der Waals surface area contributed by atoms with Crippen molar-refractivity contribution in [2.24, 2.45) is 5.92 Å². The Hall–Kier alpha value is -1.59. The molecule has 326 valence electrons. The molecule has 0 saturated carbocycles. The van der Waals surface area contributed by atoms with E-state index in [1.54, 1.807) is 0 Å². The molecular formula is C49H94O6. The molecule has 0 aromatic heterocycles. The molecule has 0 aliphatic heterocycles. The average molecular weight is 779 g/mol. The van der Waals surface area contributed by atoms with Crippen LogP contribution in [0.2, 0.25) is 0 Å². The Labute approximate surface area is 342 Å². The first-order valence-electron chi connectivity index (χ1n) is 24.4. The first kappa shape index (κ1) is 53.4. The molecule has 1 atom stereocenters. The van der Waals surface area contributed by atoms with Gasteiger partial charge < -0.3 is 14.2 Å². The van der Waals surface area contributed by atoms with E-state index in [0.717, 1.165) is 63.7 Å². The molecule has 55 heavy (non-hydrogen) atoms. The van der Waals surface area contributed by atoms with Gasteiger partial charge in [0.2, 0.25) is 0 Å². The second-order valence-corrected chi connectivity index (χ2v) is 17.2. The third-order valence-corrected chi connectivity index (χ3v) is 11.0. The number of hydrogen-bond acceptors (Lipinski definition) is 6. The minimum Gasteiger partial charge on any atom is -0.462 e. The third kappa shape index (κ3) is 43.4. The van der Waals surface area contributed by atoms with Crippen LogP contribution in [0, 0.1) is 5.92 Å². The lowest BCUT2D eigenvalue weighted by atomic mass is 10.0. The molecule has 0 aromatic rings. The van der Waals surface area contributed by atoms with E-state index in [1.807, 2.05) is 0 Å². The van der Waals surface area contributed by atoms with Crippen LogP contribution in [0.15, 0.2) is 0 Å². The zero-order chi connectivity index (χ0) is 40.3. The van der Waals surface area contributed by atoms with Crippen LogP contribution in [0.4, 0.5) is 0 Å². The Morgan fingerprint density at radius 1 is 0.345 bits per heavy atom. The Morgan fingerprint density at radius 3 is 0.891 bits per heavy atom. The Bertz CT molecular complexity index is 826. The highest BCUT2D eigenvalue weighted by Crippen LogP contribution is 2.16. The fourth-order valence-electron chi connectivity index (χ4n) is 7.33. The zero-order valence-corrected chi connectivity index (χ0v) is 37.4. The third-order valence-electron chi connectivity index (χ3n) is 11.0. The van der Waals surface area contributed by atoms with E-state index in [1.165, 1.54) is 167 Å². The van der Waals surface area contributed by atoms with Gasteiger partial charge in [-0.2, -0.15) is 0 Å². The fourth-order valence-corrected chi connectivity index (χ4v) is 7.33. The summed E-state index contributed by atoms with van der Waals surface area (Å²) in [5.41, 5.74) is 0. The maximum Gasteiger partial charge on any atom is 0.306 e. The van der Waals surface area contributed by atoms with Crippen LogP contribution in [0.3, 0.4) is 0 Å². The Balaban J connectivity index is 4.32. The van der Waals surface area contributed by atoms with Crippen molar-refractivity contribution >= 4 is 17.9 Å². The van der Waals surface area contributed by atoms with Gasteiger partial charge in [0.1, 0.15) is 13.2 Å². The van der Waals surface area contributed by atoms with E-state index >= 15 is 0 Å². The molecule has 0 aliphatic rings. The molecule has 0 rings (SSSR count). The van der Waals surface area contributed by atoms with Gasteiger partial charge in [-0.15, -0.1) is 0 Å². The van der Waals surface area contributed by atoms with E-state index < -0.39 is 6.10 Å². The fraction of sp³-hybridized carbons (Fsp3) is 0.939. The van der Waals surface area contributed by atoms with Crippen LogP contribution < -0.4 is 0 Å². The highest BCUT2D eigenvalue weighted by molar-refractivity contribution is 5.71. The molecule has 0 bridgehead atoms. The maximum atomic E-state index is 12.7. The largest absolute Gasteiger partial charge is 0.462 e. The number of esters is 3. The lowest BCUT2D eigenvalue weighted by molar-refractivity contribution is -0.167. The Morgan fingerprint density at radius 2 is 0.600 bits per heavy atom. The number of rotatable bonds is 44. The minimum absolute atomic E-state index is 0.0632. The highest BCUT2D eigenvalue weighted by Gasteiger charge is 2.19. The van der Waals surface area contributed by atoms with Crippen molar-refractivity contribution in [1.82, 2.24) is 0 Å². The predicted molar refractivity (Wildman–Crippen MR) is 233 cm³/mol. The van der Waals surface area contributed by atoms with Crippen LogP contribution in [0.1, 0.15) is 272 Å². The Kier molecular flexibility index (Phi) is 42.3. The van der Waals surface area contributed by atoms with E-state index in [4.69, 9.17) is 14.2 Å². The molecule has 0 heterocycles. The predicted octanol–water partition coefficient (Wildman–Crippen LogP) is 15.5. The summed E-state index contributed by atoms with van der Waals surface area (Å²) in [6.07, 6.45) is 43.6. The molecule has 0 aliphatic carbocycles. The lowest BCUT2D eigenvalue weighted by Gasteiger charge is -2.18. The molecule has 6 heteroatoms. The van der Waals surface area contributed by atoms with Crippen molar-refractivity contribution in [2.45, 2.75) is 278 Å². The van der Waals surface area contributed by atoms with Gasteiger partial charge in [0.15, 0.2) is 6.10 Å². The standard InChI is InChI=1S/C49H94O6/c1-5-7-9-11-13-15-17-19-24-28-32-36-40-47(50)53-43-46(55-49(52)42-38-34-30-26-20-18-16-14-12-10-8-6-2)44-54-48(51)41-37-33-29-25-22-21-23-27-31-35-39-45(3)4/h45-46H,5-44H2,1-4H3/t46-/m1/s1. The molecule has 0 saturated heterocycles. The van der Waals surface area contributed by atoms with Gasteiger partial charge in [-0.1, -0.05) is 233 Å². The van der Waals surface area contributed by atoms with Crippen LogP contribution >= 0.6 is 0 Å². The summed E-state index contributed by atoms with van der Waals surface area (Å²) >= 11 is 0. The summed E-state index contributed by atoms with van der Waals surface area (Å²) < 4.78 is 16.8. The first-order valence-corrected chi connectivity index (χ1v) is 24.4. The molecule has 0 radical (unpaired) electrons. The van der Waals surface area contributed by atoms with Crippen LogP contribution in [-0.4, -0.2) is 37.2 Å². The maximum absolute atomic E-state index is 12.7. The lowest BCUT2D eigenvalue weighted by Crippen LogP contribution is -2.30. The summed E-state index contributed by atoms with van der Waals surface area (Å²) in [4.78, 5) is 37.8. The van der Waals surface area contributed by atoms with E-state index in [2.05, 4.69) is 27.7 Å². The SMILES string of the molecule is CCCCCCCCCCCCCCC(=O)OC[C@H](COC(=O)CCCCCCCCCCCCC(C)C)OC(=O)CCCCCCCCCCCCCC. The molecule has 0 unspecified atom stereocenters. The van der Waals surface area contributed by atoms with Crippen molar-refractivity contribution in [3.63, 3.8) is 0 Å². The molecule has 0 N–H and O–H groups in total. The van der Waals surface area contributed by atoms with E-state index in [9.17, 15) is 14.4 Å². The van der Waals surface area contributed by atoms with Gasteiger partial charge in [0, 0.05) is 19.3 Å². The highest BCUT2D eigenvalue weighted by atomic mass is 16.6. The monoisotopic (exact) mass is 779 g/mol. The second kappa shape index (κ2) is 43.5. The molecule has 0 fully saturated rings. The number of unbranched alkanes of at least 4 members (excludes halogenated alkanes) is 31. The minimum atomic E-state index is -0.759. The number of carbonyl (C=O) groups is 3. The topological polar surface area (TPSA) is 78.9 Å². The molecule has 0 spiro atoms. The van der Waals surface area contributed by atoms with Gasteiger partial charge in [-0.05, 0) is 25.2 Å². The smallest absolute Gasteiger partial charge is 0.306 e. The van der Waals surface area contributed by atoms with Crippen LogP contribution in [0.5, 0.6) is 0 Å². The van der Waals surface area contributed by atoms with Gasteiger partial charge in [0.05, 0.1) is 0 Å². The van der Waals surface area contributed by atoms with Gasteiger partial charge >= 0.3 is 17.9 Å². The number of carbonyl (C=O) groups excluding carboxylic acids is 3. The zero-order valence-electron chi connectivity index (χ0n) is 37.4. The summed E-state index contributed by atoms with van der Waals surface area (Å²) in [6.45, 7) is 8.99.